The predicted molar refractivity (Wildman–Crippen MR) is 89.9 cm³/mol. The lowest BCUT2D eigenvalue weighted by atomic mass is 10.1. The lowest BCUT2D eigenvalue weighted by Gasteiger charge is -2.24. The first kappa shape index (κ1) is 15.4. The average Bonchev–Trinajstić information content (AvgIpc) is 3.02. The molecule has 0 radical (unpaired) electrons. The fourth-order valence-electron chi connectivity index (χ4n) is 3.71. The highest BCUT2D eigenvalue weighted by atomic mass is 19.1. The molecule has 1 saturated carbocycles. The van der Waals surface area contributed by atoms with Crippen LogP contribution >= 0.6 is 0 Å². The normalized spacial score (nSPS) is 20.2. The number of nitrogens with one attached hydrogen (secondary N) is 1. The average molecular weight is 355 g/mol. The van der Waals surface area contributed by atoms with Crippen molar-refractivity contribution < 1.29 is 9.18 Å². The zero-order valence-electron chi connectivity index (χ0n) is 14.1. The second-order valence-corrected chi connectivity index (χ2v) is 7.08. The number of benzene rings is 1. The number of aromatic nitrogens is 6. The van der Waals surface area contributed by atoms with Gasteiger partial charge in [0.2, 0.25) is 0 Å². The third-order valence-electron chi connectivity index (χ3n) is 5.21. The van der Waals surface area contributed by atoms with Crippen LogP contribution in [0.4, 0.5) is 4.39 Å². The van der Waals surface area contributed by atoms with Crippen LogP contribution in [0, 0.1) is 5.82 Å². The van der Waals surface area contributed by atoms with Crippen LogP contribution in [0.3, 0.4) is 0 Å². The van der Waals surface area contributed by atoms with Gasteiger partial charge >= 0.3 is 0 Å². The lowest BCUT2D eigenvalue weighted by Crippen LogP contribution is -2.38. The highest BCUT2D eigenvalue weighted by Gasteiger charge is 2.32. The van der Waals surface area contributed by atoms with Gasteiger partial charge < -0.3 is 4.90 Å². The summed E-state index contributed by atoms with van der Waals surface area (Å²) in [5.41, 5.74) is 2.04. The number of hydrogen-bond donors (Lipinski definition) is 1. The van der Waals surface area contributed by atoms with Crippen LogP contribution in [-0.2, 0) is 6.54 Å². The number of nitrogens with zero attached hydrogens (tertiary/aromatic N) is 6. The number of carbonyl (C=O) groups is 1. The molecule has 5 rings (SSSR count). The fraction of sp³-hybridized carbons (Fsp3) is 0.471. The molecule has 1 aliphatic heterocycles. The number of likely N-dealkylation sites (tertiary alicyclic amines) is 1. The van der Waals surface area contributed by atoms with Gasteiger partial charge in [0.05, 0.1) is 23.8 Å². The maximum Gasteiger partial charge on any atom is 0.256 e. The van der Waals surface area contributed by atoms with Gasteiger partial charge in [-0.15, -0.1) is 5.10 Å². The summed E-state index contributed by atoms with van der Waals surface area (Å²) in [7, 11) is 0. The molecule has 0 spiro atoms. The van der Waals surface area contributed by atoms with Gasteiger partial charge in [0.25, 0.3) is 5.91 Å². The summed E-state index contributed by atoms with van der Waals surface area (Å²) < 4.78 is 15.7. The number of H-pyrrole nitrogens is 1. The van der Waals surface area contributed by atoms with Crippen molar-refractivity contribution in [3.63, 3.8) is 0 Å². The molecule has 1 N–H and O–H groups in total. The standard InChI is InChI=1S/C17H18FN7O/c18-11-6-13(16-14(7-11)19-22-21-16)17(26)25-5-1-2-12(25)8-24-9-15(20-23-24)10-3-4-10/h6-7,9-10,12H,1-5,8H2,(H,19,21,22)/t12-/m0/s1. The molecule has 3 heterocycles. The van der Waals surface area contributed by atoms with Gasteiger partial charge in [-0.3, -0.25) is 9.48 Å². The van der Waals surface area contributed by atoms with E-state index in [4.69, 9.17) is 0 Å². The summed E-state index contributed by atoms with van der Waals surface area (Å²) in [6.45, 7) is 1.24. The van der Waals surface area contributed by atoms with Gasteiger partial charge in [0, 0.05) is 24.7 Å². The monoisotopic (exact) mass is 355 g/mol. The third-order valence-corrected chi connectivity index (χ3v) is 5.21. The van der Waals surface area contributed by atoms with Gasteiger partial charge in [0.1, 0.15) is 16.9 Å². The van der Waals surface area contributed by atoms with E-state index in [0.717, 1.165) is 18.5 Å². The summed E-state index contributed by atoms with van der Waals surface area (Å²) >= 11 is 0. The van der Waals surface area contributed by atoms with Crippen molar-refractivity contribution in [2.75, 3.05) is 6.54 Å². The second-order valence-electron chi connectivity index (χ2n) is 7.08. The Kier molecular flexibility index (Phi) is 3.47. The summed E-state index contributed by atoms with van der Waals surface area (Å²) in [5.74, 6) is -0.151. The number of halogens is 1. The van der Waals surface area contributed by atoms with Crippen molar-refractivity contribution >= 4 is 16.9 Å². The number of carbonyl (C=O) groups excluding carboxylic acids is 1. The molecule has 1 amide bonds. The quantitative estimate of drug-likeness (QED) is 0.771. The van der Waals surface area contributed by atoms with Crippen LogP contribution in [0.25, 0.3) is 11.0 Å². The first-order valence-electron chi connectivity index (χ1n) is 8.90. The van der Waals surface area contributed by atoms with Crippen LogP contribution in [0.2, 0.25) is 0 Å². The molecule has 2 aromatic heterocycles. The number of hydrogen-bond acceptors (Lipinski definition) is 5. The van der Waals surface area contributed by atoms with Gasteiger partial charge in [-0.05, 0) is 31.7 Å². The molecular weight excluding hydrogens is 337 g/mol. The SMILES string of the molecule is O=C(c1cc(F)cc2n[nH]nc12)N1CCC[C@H]1Cn1cc(C2CC2)nn1. The third kappa shape index (κ3) is 2.63. The fourth-order valence-corrected chi connectivity index (χ4v) is 3.71. The molecule has 2 fully saturated rings. The Bertz CT molecular complexity index is 977. The van der Waals surface area contributed by atoms with Crippen molar-refractivity contribution in [2.24, 2.45) is 0 Å². The lowest BCUT2D eigenvalue weighted by molar-refractivity contribution is 0.0722. The van der Waals surface area contributed by atoms with Crippen molar-refractivity contribution in [2.45, 2.75) is 44.2 Å². The van der Waals surface area contributed by atoms with Gasteiger partial charge in [0.15, 0.2) is 0 Å². The Morgan fingerprint density at radius 1 is 1.27 bits per heavy atom. The van der Waals surface area contributed by atoms with E-state index < -0.39 is 5.82 Å². The minimum atomic E-state index is -0.490. The largest absolute Gasteiger partial charge is 0.334 e. The Morgan fingerprint density at radius 2 is 2.15 bits per heavy atom. The highest BCUT2D eigenvalue weighted by molar-refractivity contribution is 6.04. The van der Waals surface area contributed by atoms with E-state index in [2.05, 4.69) is 25.7 Å². The zero-order chi connectivity index (χ0) is 17.7. The number of amides is 1. The molecule has 9 heteroatoms. The van der Waals surface area contributed by atoms with Gasteiger partial charge in [-0.25, -0.2) is 4.39 Å². The number of rotatable bonds is 4. The summed E-state index contributed by atoms with van der Waals surface area (Å²) in [6.07, 6.45) is 6.15. The van der Waals surface area contributed by atoms with Crippen molar-refractivity contribution in [3.8, 4) is 0 Å². The Morgan fingerprint density at radius 3 is 3.00 bits per heavy atom. The van der Waals surface area contributed by atoms with Crippen LogP contribution in [0.15, 0.2) is 18.3 Å². The molecule has 0 unspecified atom stereocenters. The molecule has 3 aromatic rings. The molecule has 26 heavy (non-hydrogen) atoms. The van der Waals surface area contributed by atoms with Crippen molar-refractivity contribution in [1.29, 1.82) is 0 Å². The van der Waals surface area contributed by atoms with Crippen LogP contribution in [0.5, 0.6) is 0 Å². The molecule has 1 aliphatic carbocycles. The minimum absolute atomic E-state index is 0.0153. The van der Waals surface area contributed by atoms with E-state index >= 15 is 0 Å². The highest BCUT2D eigenvalue weighted by Crippen LogP contribution is 2.38. The molecule has 1 atom stereocenters. The summed E-state index contributed by atoms with van der Waals surface area (Å²) in [5, 5.41) is 18.8. The molecular formula is C17H18FN7O. The number of aromatic amines is 1. The molecule has 8 nitrogen and oxygen atoms in total. The summed E-state index contributed by atoms with van der Waals surface area (Å²) in [6, 6.07) is 2.52. The Hall–Kier alpha value is -2.84. The van der Waals surface area contributed by atoms with E-state index in [1.165, 1.54) is 25.0 Å². The topological polar surface area (TPSA) is 92.6 Å². The first-order valence-corrected chi connectivity index (χ1v) is 8.90. The van der Waals surface area contributed by atoms with Crippen molar-refractivity contribution in [3.05, 3.63) is 35.4 Å². The van der Waals surface area contributed by atoms with E-state index in [1.807, 2.05) is 10.9 Å². The van der Waals surface area contributed by atoms with E-state index in [-0.39, 0.29) is 17.5 Å². The maximum atomic E-state index is 13.9. The molecule has 134 valence electrons. The van der Waals surface area contributed by atoms with E-state index in [1.54, 1.807) is 4.90 Å². The van der Waals surface area contributed by atoms with Crippen LogP contribution in [0.1, 0.15) is 47.7 Å². The van der Waals surface area contributed by atoms with Gasteiger partial charge in [-0.1, -0.05) is 5.21 Å². The zero-order valence-corrected chi connectivity index (χ0v) is 14.1. The van der Waals surface area contributed by atoms with Crippen molar-refractivity contribution in [1.82, 2.24) is 35.3 Å². The molecule has 0 bridgehead atoms. The maximum absolute atomic E-state index is 13.9. The Labute approximate surface area is 148 Å². The van der Waals surface area contributed by atoms with Crippen LogP contribution in [-0.4, -0.2) is 53.8 Å². The molecule has 1 aromatic carbocycles. The van der Waals surface area contributed by atoms with E-state index in [0.29, 0.717) is 30.0 Å². The molecule has 1 saturated heterocycles. The van der Waals surface area contributed by atoms with Crippen LogP contribution < -0.4 is 0 Å². The minimum Gasteiger partial charge on any atom is -0.334 e. The van der Waals surface area contributed by atoms with E-state index in [9.17, 15) is 9.18 Å². The predicted octanol–water partition coefficient (Wildman–Crippen LogP) is 1.87. The summed E-state index contributed by atoms with van der Waals surface area (Å²) in [4.78, 5) is 14.9. The smallest absolute Gasteiger partial charge is 0.256 e. The van der Waals surface area contributed by atoms with Gasteiger partial charge in [-0.2, -0.15) is 15.4 Å². The second kappa shape index (κ2) is 5.86. The molecule has 2 aliphatic rings. The first-order chi connectivity index (χ1) is 12.7. The Balaban J connectivity index is 1.40. The number of fused-ring (bicyclic) bond motifs is 1.